The summed E-state index contributed by atoms with van der Waals surface area (Å²) in [4.78, 5) is 28.0. The number of fused-ring (bicyclic) bond motifs is 1. The molecular weight excluding hydrogens is 538 g/mol. The molecule has 0 N–H and O–H groups in total. The summed E-state index contributed by atoms with van der Waals surface area (Å²) in [6.07, 6.45) is 10.4. The van der Waals surface area contributed by atoms with E-state index < -0.39 is 11.5 Å². The highest BCUT2D eigenvalue weighted by molar-refractivity contribution is 6.07. The zero-order valence-electron chi connectivity index (χ0n) is 24.0. The number of hydrogen-bond donors (Lipinski definition) is 0. The maximum Gasteiger partial charge on any atom is 0.306 e. The highest BCUT2D eigenvalue weighted by Crippen LogP contribution is 2.37. The summed E-state index contributed by atoms with van der Waals surface area (Å²) in [6, 6.07) is 14.0. The molecule has 1 aliphatic heterocycles. The number of anilines is 1. The van der Waals surface area contributed by atoms with E-state index in [4.69, 9.17) is 9.26 Å². The van der Waals surface area contributed by atoms with Crippen molar-refractivity contribution in [1.29, 1.82) is 0 Å². The van der Waals surface area contributed by atoms with Crippen molar-refractivity contribution in [3.63, 3.8) is 0 Å². The molecule has 2 aliphatic rings. The smallest absolute Gasteiger partial charge is 0.306 e. The van der Waals surface area contributed by atoms with E-state index in [0.717, 1.165) is 23.2 Å². The molecule has 0 fully saturated rings. The molecule has 218 valence electrons. The van der Waals surface area contributed by atoms with Gasteiger partial charge in [0, 0.05) is 41.9 Å². The number of halogens is 2. The summed E-state index contributed by atoms with van der Waals surface area (Å²) in [5.41, 5.74) is 3.04. The van der Waals surface area contributed by atoms with Gasteiger partial charge in [-0.3, -0.25) is 9.59 Å². The molecule has 1 aromatic heterocycles. The van der Waals surface area contributed by atoms with Crippen molar-refractivity contribution in [3.05, 3.63) is 119 Å². The number of rotatable bonds is 9. The fourth-order valence-electron chi connectivity index (χ4n) is 5.21. The second kappa shape index (κ2) is 12.3. The number of carbonyl (C=O) groups excluding carboxylic acids is 2. The van der Waals surface area contributed by atoms with Crippen LogP contribution in [0.3, 0.4) is 0 Å². The van der Waals surface area contributed by atoms with Crippen LogP contribution in [0.4, 0.5) is 14.5 Å². The maximum atomic E-state index is 13.7. The van der Waals surface area contributed by atoms with Gasteiger partial charge in [-0.25, -0.2) is 8.78 Å². The Morgan fingerprint density at radius 2 is 1.71 bits per heavy atom. The molecule has 0 amide bonds. The van der Waals surface area contributed by atoms with Gasteiger partial charge in [0.05, 0.1) is 17.7 Å². The first-order valence-electron chi connectivity index (χ1n) is 14.2. The zero-order chi connectivity index (χ0) is 29.9. The molecule has 0 radical (unpaired) electrons. The molecule has 5 rings (SSSR count). The number of carbonyl (C=O) groups is 2. The minimum absolute atomic E-state index is 0.0807. The quantitative estimate of drug-likeness (QED) is 0.197. The van der Waals surface area contributed by atoms with Crippen molar-refractivity contribution in [2.24, 2.45) is 0 Å². The number of aromatic nitrogens is 1. The molecule has 0 bridgehead atoms. The topological polar surface area (TPSA) is 72.6 Å². The second-order valence-corrected chi connectivity index (χ2v) is 11.7. The van der Waals surface area contributed by atoms with E-state index in [0.29, 0.717) is 42.7 Å². The van der Waals surface area contributed by atoms with Crippen molar-refractivity contribution >= 4 is 17.4 Å². The number of unbranched alkanes of at least 4 members (excludes halogenated alkanes) is 1. The Hall–Kier alpha value is -4.33. The second-order valence-electron chi connectivity index (χ2n) is 11.7. The SMILES string of the molecule is CC(C)(C)OC(=O)CCCCC1C=C2C(=O)C(c3cc(Cc4ccc(F)cc4)on3)C=CC2=CN1c1ccc(F)cc1. The molecular formula is C34H34F2N2O4. The van der Waals surface area contributed by atoms with E-state index in [9.17, 15) is 18.4 Å². The van der Waals surface area contributed by atoms with Crippen LogP contribution in [0.15, 0.2) is 94.7 Å². The number of allylic oxidation sites excluding steroid dienone is 4. The zero-order valence-corrected chi connectivity index (χ0v) is 24.0. The van der Waals surface area contributed by atoms with Gasteiger partial charge in [-0.15, -0.1) is 0 Å². The number of Topliss-reactive ketones (excluding diaryl/α,β-unsaturated/α-hetero) is 1. The van der Waals surface area contributed by atoms with Crippen molar-refractivity contribution < 1.29 is 27.6 Å². The molecule has 1 aliphatic carbocycles. The summed E-state index contributed by atoms with van der Waals surface area (Å²) < 4.78 is 37.9. The summed E-state index contributed by atoms with van der Waals surface area (Å²) in [5.74, 6) is -0.951. The van der Waals surface area contributed by atoms with Gasteiger partial charge in [-0.2, -0.15) is 0 Å². The van der Waals surface area contributed by atoms with Gasteiger partial charge in [-0.1, -0.05) is 41.9 Å². The highest BCUT2D eigenvalue weighted by Gasteiger charge is 2.34. The number of esters is 1. The summed E-state index contributed by atoms with van der Waals surface area (Å²) in [5, 5.41) is 4.18. The highest BCUT2D eigenvalue weighted by atomic mass is 19.1. The number of ether oxygens (including phenoxy) is 1. The van der Waals surface area contributed by atoms with Crippen LogP contribution < -0.4 is 4.90 Å². The molecule has 2 atom stereocenters. The molecule has 3 aromatic rings. The Balaban J connectivity index is 1.33. The van der Waals surface area contributed by atoms with Gasteiger partial charge < -0.3 is 14.2 Å². The molecule has 42 heavy (non-hydrogen) atoms. The number of benzene rings is 2. The minimum Gasteiger partial charge on any atom is -0.460 e. The Bertz CT molecular complexity index is 1530. The Morgan fingerprint density at radius 3 is 2.40 bits per heavy atom. The fourth-order valence-corrected chi connectivity index (χ4v) is 5.21. The van der Waals surface area contributed by atoms with Crippen molar-refractivity contribution in [2.75, 3.05) is 4.90 Å². The lowest BCUT2D eigenvalue weighted by molar-refractivity contribution is -0.154. The Kier molecular flexibility index (Phi) is 8.52. The molecule has 0 spiro atoms. The van der Waals surface area contributed by atoms with Crippen molar-refractivity contribution in [3.8, 4) is 0 Å². The van der Waals surface area contributed by atoms with Crippen LogP contribution in [0, 0.1) is 11.6 Å². The largest absolute Gasteiger partial charge is 0.460 e. The van der Waals surface area contributed by atoms with Crippen LogP contribution in [0.5, 0.6) is 0 Å². The number of hydrogen-bond acceptors (Lipinski definition) is 6. The minimum atomic E-state index is -0.593. The van der Waals surface area contributed by atoms with E-state index in [2.05, 4.69) is 5.16 Å². The van der Waals surface area contributed by atoms with Gasteiger partial charge in [0.1, 0.15) is 23.0 Å². The van der Waals surface area contributed by atoms with Gasteiger partial charge in [-0.05, 0) is 75.6 Å². The number of nitrogens with zero attached hydrogens (tertiary/aromatic N) is 2. The molecule has 2 aromatic carbocycles. The van der Waals surface area contributed by atoms with Crippen LogP contribution in [0.2, 0.25) is 0 Å². The van der Waals surface area contributed by atoms with Crippen molar-refractivity contribution in [2.45, 2.75) is 70.4 Å². The molecule has 0 saturated carbocycles. The summed E-state index contributed by atoms with van der Waals surface area (Å²) in [7, 11) is 0. The van der Waals surface area contributed by atoms with Gasteiger partial charge in [0.15, 0.2) is 5.78 Å². The van der Waals surface area contributed by atoms with Crippen LogP contribution in [0.1, 0.15) is 69.4 Å². The lowest BCUT2D eigenvalue weighted by Gasteiger charge is -2.35. The monoisotopic (exact) mass is 572 g/mol. The van der Waals surface area contributed by atoms with Gasteiger partial charge in [0.2, 0.25) is 0 Å². The van der Waals surface area contributed by atoms with E-state index in [-0.39, 0.29) is 29.4 Å². The fraction of sp³-hybridized carbons (Fsp3) is 0.324. The van der Waals surface area contributed by atoms with E-state index in [1.807, 2.05) is 50.1 Å². The van der Waals surface area contributed by atoms with E-state index >= 15 is 0 Å². The average Bonchev–Trinajstić information content (AvgIpc) is 3.40. The Morgan fingerprint density at radius 1 is 1.02 bits per heavy atom. The van der Waals surface area contributed by atoms with Gasteiger partial charge >= 0.3 is 5.97 Å². The molecule has 2 heterocycles. The predicted octanol–water partition coefficient (Wildman–Crippen LogP) is 7.37. The Labute approximate surface area is 244 Å². The third kappa shape index (κ3) is 7.11. The summed E-state index contributed by atoms with van der Waals surface area (Å²) >= 11 is 0. The van der Waals surface area contributed by atoms with Crippen LogP contribution in [-0.4, -0.2) is 28.6 Å². The third-order valence-electron chi connectivity index (χ3n) is 7.18. The van der Waals surface area contributed by atoms with Crippen LogP contribution in [-0.2, 0) is 20.7 Å². The predicted molar refractivity (Wildman–Crippen MR) is 156 cm³/mol. The third-order valence-corrected chi connectivity index (χ3v) is 7.18. The lowest BCUT2D eigenvalue weighted by atomic mass is 9.82. The average molecular weight is 573 g/mol. The molecule has 8 heteroatoms. The first kappa shape index (κ1) is 29.2. The summed E-state index contributed by atoms with van der Waals surface area (Å²) in [6.45, 7) is 5.54. The molecule has 6 nitrogen and oxygen atoms in total. The van der Waals surface area contributed by atoms with E-state index in [1.165, 1.54) is 24.3 Å². The standard InChI is InChI=1S/C34H34F2N2O4/c1-34(2,3)41-32(39)7-5-4-6-27-19-30-23(21-38(27)26-15-13-25(36)14-16-26)10-17-29(33(30)40)31-20-28(42-37-31)18-22-8-11-24(35)12-9-22/h8-17,19-21,27,29H,4-7,18H2,1-3H3. The normalized spacial score (nSPS) is 18.4. The van der Waals surface area contributed by atoms with Gasteiger partial charge in [0.25, 0.3) is 0 Å². The van der Waals surface area contributed by atoms with Crippen LogP contribution in [0.25, 0.3) is 0 Å². The molecule has 2 unspecified atom stereocenters. The number of ketones is 1. The first-order valence-corrected chi connectivity index (χ1v) is 14.2. The maximum absolute atomic E-state index is 13.7. The van der Waals surface area contributed by atoms with E-state index in [1.54, 1.807) is 30.3 Å². The lowest BCUT2D eigenvalue weighted by Crippen LogP contribution is -2.35. The first-order chi connectivity index (χ1) is 20.1. The molecule has 0 saturated heterocycles. The van der Waals surface area contributed by atoms with Crippen LogP contribution >= 0.6 is 0 Å². The van der Waals surface area contributed by atoms with Crippen molar-refractivity contribution in [1.82, 2.24) is 5.16 Å².